The predicted octanol–water partition coefficient (Wildman–Crippen LogP) is 0.523. The van der Waals surface area contributed by atoms with Gasteiger partial charge in [-0.3, -0.25) is 19.8 Å². The lowest BCUT2D eigenvalue weighted by molar-refractivity contribution is -0.137. The van der Waals surface area contributed by atoms with Crippen LogP contribution in [0.3, 0.4) is 0 Å². The van der Waals surface area contributed by atoms with Crippen molar-refractivity contribution in [2.75, 3.05) is 13.1 Å². The number of rotatable bonds is 1. The second kappa shape index (κ2) is 3.59. The zero-order valence-electron chi connectivity index (χ0n) is 9.38. The molecular formula is C11H18N2O2. The first kappa shape index (κ1) is 10.6. The molecule has 2 amide bonds. The third-order valence-corrected chi connectivity index (χ3v) is 3.61. The zero-order valence-corrected chi connectivity index (χ0v) is 9.38. The van der Waals surface area contributed by atoms with E-state index in [2.05, 4.69) is 19.2 Å². The molecule has 1 aliphatic heterocycles. The predicted molar refractivity (Wildman–Crippen MR) is 56.1 cm³/mol. The summed E-state index contributed by atoms with van der Waals surface area (Å²) in [6.45, 7) is 5.20. The van der Waals surface area contributed by atoms with Crippen LogP contribution in [0.4, 0.5) is 0 Å². The molecule has 1 saturated heterocycles. The number of nitrogens with one attached hydrogen (secondary N) is 1. The van der Waals surface area contributed by atoms with Crippen LogP contribution in [-0.2, 0) is 9.59 Å². The molecule has 0 bridgehead atoms. The number of carbonyl (C=O) groups excluding carboxylic acids is 2. The van der Waals surface area contributed by atoms with Gasteiger partial charge in [0.1, 0.15) is 0 Å². The summed E-state index contributed by atoms with van der Waals surface area (Å²) >= 11 is 0. The normalized spacial score (nSPS) is 31.7. The smallest absolute Gasteiger partial charge is 0.240 e. The summed E-state index contributed by atoms with van der Waals surface area (Å²) in [6.07, 6.45) is 3.49. The summed E-state index contributed by atoms with van der Waals surface area (Å²) in [5.41, 5.74) is 0.234. The summed E-state index contributed by atoms with van der Waals surface area (Å²) < 4.78 is 0. The van der Waals surface area contributed by atoms with Gasteiger partial charge in [0.05, 0.1) is 13.1 Å². The minimum absolute atomic E-state index is 0.158. The first-order valence-electron chi connectivity index (χ1n) is 5.56. The second-order valence-electron chi connectivity index (χ2n) is 5.27. The molecule has 0 aromatic rings. The number of carbonyl (C=O) groups is 2. The largest absolute Gasteiger partial charge is 0.294 e. The minimum Gasteiger partial charge on any atom is -0.294 e. The van der Waals surface area contributed by atoms with Gasteiger partial charge in [0.15, 0.2) is 0 Å². The van der Waals surface area contributed by atoms with Gasteiger partial charge < -0.3 is 0 Å². The van der Waals surface area contributed by atoms with E-state index in [-0.39, 0.29) is 17.2 Å². The molecule has 1 atom stereocenters. The van der Waals surface area contributed by atoms with Gasteiger partial charge in [-0.25, -0.2) is 0 Å². The van der Waals surface area contributed by atoms with Crippen LogP contribution in [-0.4, -0.2) is 35.8 Å². The van der Waals surface area contributed by atoms with Crippen LogP contribution in [0.1, 0.15) is 33.1 Å². The molecule has 2 fully saturated rings. The molecule has 0 aromatic heterocycles. The Hall–Kier alpha value is -0.900. The highest BCUT2D eigenvalue weighted by Crippen LogP contribution is 2.40. The standard InChI is InChI=1S/C11H18N2O2/c1-11(2)5-3-4-8(11)13-6-9(14)12-10(15)7-13/h8H,3-7H2,1-2H3,(H,12,14,15). The van der Waals surface area contributed by atoms with E-state index >= 15 is 0 Å². The Morgan fingerprint density at radius 2 is 1.87 bits per heavy atom. The maximum Gasteiger partial charge on any atom is 0.240 e. The summed E-state index contributed by atoms with van der Waals surface area (Å²) in [4.78, 5) is 24.6. The van der Waals surface area contributed by atoms with Crippen molar-refractivity contribution < 1.29 is 9.59 Å². The maximum atomic E-state index is 11.3. The highest BCUT2D eigenvalue weighted by atomic mass is 16.2. The molecule has 84 valence electrons. The van der Waals surface area contributed by atoms with E-state index in [1.165, 1.54) is 12.8 Å². The molecule has 4 heteroatoms. The lowest BCUT2D eigenvalue weighted by atomic mass is 9.86. The Morgan fingerprint density at radius 1 is 1.27 bits per heavy atom. The van der Waals surface area contributed by atoms with Gasteiger partial charge in [0.2, 0.25) is 11.8 Å². The molecule has 0 radical (unpaired) electrons. The van der Waals surface area contributed by atoms with Crippen molar-refractivity contribution in [2.45, 2.75) is 39.2 Å². The zero-order chi connectivity index (χ0) is 11.1. The van der Waals surface area contributed by atoms with Crippen LogP contribution in [0.25, 0.3) is 0 Å². The SMILES string of the molecule is CC1(C)CCCC1N1CC(=O)NC(=O)C1. The third-order valence-electron chi connectivity index (χ3n) is 3.61. The van der Waals surface area contributed by atoms with Gasteiger partial charge in [-0.05, 0) is 18.3 Å². The van der Waals surface area contributed by atoms with E-state index in [9.17, 15) is 9.59 Å². The molecule has 1 unspecified atom stereocenters. The molecule has 1 aliphatic carbocycles. The van der Waals surface area contributed by atoms with Gasteiger partial charge in [0, 0.05) is 6.04 Å². The first-order chi connectivity index (χ1) is 6.99. The van der Waals surface area contributed by atoms with E-state index in [0.29, 0.717) is 19.1 Å². The van der Waals surface area contributed by atoms with Crippen LogP contribution in [0.15, 0.2) is 0 Å². The van der Waals surface area contributed by atoms with E-state index in [0.717, 1.165) is 6.42 Å². The second-order valence-corrected chi connectivity index (χ2v) is 5.27. The Balaban J connectivity index is 2.10. The maximum absolute atomic E-state index is 11.3. The van der Waals surface area contributed by atoms with E-state index < -0.39 is 0 Å². The molecule has 1 saturated carbocycles. The van der Waals surface area contributed by atoms with Crippen molar-refractivity contribution in [2.24, 2.45) is 5.41 Å². The molecule has 15 heavy (non-hydrogen) atoms. The van der Waals surface area contributed by atoms with E-state index in [1.54, 1.807) is 0 Å². The lowest BCUT2D eigenvalue weighted by Gasteiger charge is -2.38. The summed E-state index contributed by atoms with van der Waals surface area (Å²) in [6, 6.07) is 0.382. The average molecular weight is 210 g/mol. The van der Waals surface area contributed by atoms with Crippen LogP contribution >= 0.6 is 0 Å². The molecule has 0 spiro atoms. The van der Waals surface area contributed by atoms with Gasteiger partial charge >= 0.3 is 0 Å². The first-order valence-corrected chi connectivity index (χ1v) is 5.56. The van der Waals surface area contributed by atoms with Crippen molar-refractivity contribution >= 4 is 11.8 Å². The Labute approximate surface area is 90.0 Å². The highest BCUT2D eigenvalue weighted by Gasteiger charge is 2.40. The van der Waals surface area contributed by atoms with E-state index in [4.69, 9.17) is 0 Å². The monoisotopic (exact) mass is 210 g/mol. The van der Waals surface area contributed by atoms with Crippen molar-refractivity contribution in [3.8, 4) is 0 Å². The molecular weight excluding hydrogens is 192 g/mol. The highest BCUT2D eigenvalue weighted by molar-refractivity contribution is 5.99. The minimum atomic E-state index is -0.158. The van der Waals surface area contributed by atoms with Crippen molar-refractivity contribution in [1.82, 2.24) is 10.2 Å². The van der Waals surface area contributed by atoms with Crippen LogP contribution in [0, 0.1) is 5.41 Å². The Bertz CT molecular complexity index is 283. The number of piperazine rings is 1. The molecule has 2 aliphatic rings. The Kier molecular flexibility index (Phi) is 2.54. The number of hydrogen-bond acceptors (Lipinski definition) is 3. The molecule has 1 N–H and O–H groups in total. The third kappa shape index (κ3) is 2.04. The Morgan fingerprint density at radius 3 is 2.33 bits per heavy atom. The molecule has 4 nitrogen and oxygen atoms in total. The summed E-state index contributed by atoms with van der Waals surface area (Å²) in [7, 11) is 0. The van der Waals surface area contributed by atoms with Gasteiger partial charge in [-0.15, -0.1) is 0 Å². The summed E-state index contributed by atoms with van der Waals surface area (Å²) in [5, 5.41) is 2.34. The quantitative estimate of drug-likeness (QED) is 0.642. The van der Waals surface area contributed by atoms with E-state index in [1.807, 2.05) is 4.90 Å². The number of imide groups is 1. The van der Waals surface area contributed by atoms with Gasteiger partial charge in [-0.1, -0.05) is 20.3 Å². The van der Waals surface area contributed by atoms with Crippen molar-refractivity contribution in [1.29, 1.82) is 0 Å². The molecule has 1 heterocycles. The van der Waals surface area contributed by atoms with Crippen LogP contribution in [0.2, 0.25) is 0 Å². The molecule has 2 rings (SSSR count). The number of amides is 2. The number of hydrogen-bond donors (Lipinski definition) is 1. The van der Waals surface area contributed by atoms with Crippen molar-refractivity contribution in [3.63, 3.8) is 0 Å². The van der Waals surface area contributed by atoms with Crippen LogP contribution in [0.5, 0.6) is 0 Å². The summed E-state index contributed by atoms with van der Waals surface area (Å²) in [5.74, 6) is -0.317. The average Bonchev–Trinajstić information content (AvgIpc) is 2.43. The van der Waals surface area contributed by atoms with Gasteiger partial charge in [0.25, 0.3) is 0 Å². The van der Waals surface area contributed by atoms with Crippen LogP contribution < -0.4 is 5.32 Å². The lowest BCUT2D eigenvalue weighted by Crippen LogP contribution is -2.56. The fourth-order valence-electron chi connectivity index (χ4n) is 2.86. The topological polar surface area (TPSA) is 49.4 Å². The van der Waals surface area contributed by atoms with Gasteiger partial charge in [-0.2, -0.15) is 0 Å². The fraction of sp³-hybridized carbons (Fsp3) is 0.818. The fourth-order valence-corrected chi connectivity index (χ4v) is 2.86. The molecule has 0 aromatic carbocycles. The number of nitrogens with zero attached hydrogens (tertiary/aromatic N) is 1. The van der Waals surface area contributed by atoms with Crippen molar-refractivity contribution in [3.05, 3.63) is 0 Å².